The molecular formula is C29H31N5O2. The van der Waals surface area contributed by atoms with Crippen LogP contribution in [0.25, 0.3) is 33.3 Å². The number of hydrogen-bond acceptors (Lipinski definition) is 6. The Balaban J connectivity index is 1.49. The normalized spacial score (nSPS) is 15.7. The van der Waals surface area contributed by atoms with E-state index in [0.717, 1.165) is 46.4 Å². The van der Waals surface area contributed by atoms with E-state index in [1.807, 2.05) is 66.6 Å². The van der Waals surface area contributed by atoms with E-state index in [2.05, 4.69) is 46.8 Å². The molecule has 3 heterocycles. The average molecular weight is 482 g/mol. The van der Waals surface area contributed by atoms with Crippen LogP contribution in [0.4, 0.5) is 0 Å². The lowest BCUT2D eigenvalue weighted by molar-refractivity contribution is 0.0311. The van der Waals surface area contributed by atoms with Gasteiger partial charge in [-0.15, -0.1) is 0 Å². The molecule has 1 amide bonds. The lowest BCUT2D eigenvalue weighted by Gasteiger charge is -2.45. The van der Waals surface area contributed by atoms with Gasteiger partial charge in [0.2, 0.25) is 5.88 Å². The summed E-state index contributed by atoms with van der Waals surface area (Å²) in [5, 5.41) is 0.925. The van der Waals surface area contributed by atoms with E-state index in [9.17, 15) is 4.79 Å². The standard InChI is InChI=1S/C29H31N5O2/c1-5-36-26-12-10-23(17-30-26)20-9-11-25-24(16-20)27(32-19-31-25)21-7-6-8-22(15-21)28(35)34-14-13-33(4)29(2,3)18-34/h6-12,15-17,19H,5,13-14,18H2,1-4H3. The number of likely N-dealkylation sites (N-methyl/N-ethyl adjacent to an activating group) is 1. The number of benzene rings is 2. The van der Waals surface area contributed by atoms with Crippen molar-refractivity contribution in [2.24, 2.45) is 0 Å². The van der Waals surface area contributed by atoms with E-state index in [0.29, 0.717) is 24.6 Å². The molecule has 0 N–H and O–H groups in total. The first-order chi connectivity index (χ1) is 17.4. The largest absolute Gasteiger partial charge is 0.478 e. The molecule has 184 valence electrons. The van der Waals surface area contributed by atoms with Gasteiger partial charge in [-0.1, -0.05) is 18.2 Å². The number of nitrogens with zero attached hydrogens (tertiary/aromatic N) is 5. The molecular weight excluding hydrogens is 450 g/mol. The first kappa shape index (κ1) is 23.9. The number of fused-ring (bicyclic) bond motifs is 1. The van der Waals surface area contributed by atoms with Crippen molar-refractivity contribution in [1.82, 2.24) is 24.8 Å². The maximum Gasteiger partial charge on any atom is 0.253 e. The summed E-state index contributed by atoms with van der Waals surface area (Å²) in [5.74, 6) is 0.661. The molecule has 0 saturated carbocycles. The number of piperazine rings is 1. The molecule has 5 rings (SSSR count). The zero-order chi connectivity index (χ0) is 25.3. The fourth-order valence-corrected chi connectivity index (χ4v) is 4.65. The van der Waals surface area contributed by atoms with Crippen molar-refractivity contribution >= 4 is 16.8 Å². The second-order valence-electron chi connectivity index (χ2n) is 9.81. The van der Waals surface area contributed by atoms with Crippen LogP contribution in [0, 0.1) is 0 Å². The highest BCUT2D eigenvalue weighted by molar-refractivity contribution is 5.98. The Kier molecular flexibility index (Phi) is 6.41. The second kappa shape index (κ2) is 9.66. The Bertz CT molecular complexity index is 1400. The molecule has 2 aromatic carbocycles. The highest BCUT2D eigenvalue weighted by atomic mass is 16.5. The molecule has 1 aliphatic rings. The van der Waals surface area contributed by atoms with Crippen molar-refractivity contribution in [3.63, 3.8) is 0 Å². The van der Waals surface area contributed by atoms with Crippen molar-refractivity contribution in [1.29, 1.82) is 0 Å². The number of hydrogen-bond donors (Lipinski definition) is 0. The van der Waals surface area contributed by atoms with Gasteiger partial charge in [-0.3, -0.25) is 9.69 Å². The van der Waals surface area contributed by atoms with Crippen molar-refractivity contribution in [3.8, 4) is 28.3 Å². The van der Waals surface area contributed by atoms with Gasteiger partial charge in [-0.2, -0.15) is 0 Å². The lowest BCUT2D eigenvalue weighted by Crippen LogP contribution is -2.58. The monoisotopic (exact) mass is 481 g/mol. The maximum absolute atomic E-state index is 13.4. The van der Waals surface area contributed by atoms with Gasteiger partial charge in [-0.05, 0) is 63.7 Å². The van der Waals surface area contributed by atoms with Gasteiger partial charge in [0.25, 0.3) is 5.91 Å². The molecule has 0 atom stereocenters. The highest BCUT2D eigenvalue weighted by Crippen LogP contribution is 2.31. The van der Waals surface area contributed by atoms with Crippen molar-refractivity contribution in [2.75, 3.05) is 33.3 Å². The molecule has 7 nitrogen and oxygen atoms in total. The molecule has 1 fully saturated rings. The molecule has 0 bridgehead atoms. The SMILES string of the molecule is CCOc1ccc(-c2ccc3ncnc(-c4cccc(C(=O)N5CCN(C)C(C)(C)C5)c4)c3c2)cn1. The quantitative estimate of drug-likeness (QED) is 0.403. The first-order valence-corrected chi connectivity index (χ1v) is 12.3. The number of aromatic nitrogens is 3. The van der Waals surface area contributed by atoms with Gasteiger partial charge in [-0.25, -0.2) is 15.0 Å². The molecule has 7 heteroatoms. The predicted octanol–water partition coefficient (Wildman–Crippen LogP) is 4.92. The molecule has 1 aliphatic heterocycles. The zero-order valence-corrected chi connectivity index (χ0v) is 21.2. The molecule has 0 spiro atoms. The predicted molar refractivity (Wildman–Crippen MR) is 142 cm³/mol. The fraction of sp³-hybridized carbons (Fsp3) is 0.310. The van der Waals surface area contributed by atoms with E-state index in [1.54, 1.807) is 6.33 Å². The Morgan fingerprint density at radius 2 is 1.81 bits per heavy atom. The Hall–Kier alpha value is -3.84. The van der Waals surface area contributed by atoms with E-state index in [1.165, 1.54) is 0 Å². The minimum Gasteiger partial charge on any atom is -0.478 e. The molecule has 1 saturated heterocycles. The van der Waals surface area contributed by atoms with Gasteiger partial charge in [0.1, 0.15) is 6.33 Å². The van der Waals surface area contributed by atoms with Crippen LogP contribution in [0.15, 0.2) is 67.1 Å². The molecule has 0 aliphatic carbocycles. The number of carbonyl (C=O) groups excluding carboxylic acids is 1. The highest BCUT2D eigenvalue weighted by Gasteiger charge is 2.33. The Morgan fingerprint density at radius 3 is 2.56 bits per heavy atom. The maximum atomic E-state index is 13.4. The molecule has 4 aromatic rings. The number of rotatable bonds is 5. The number of ether oxygens (including phenoxy) is 1. The van der Waals surface area contributed by atoms with Crippen LogP contribution < -0.4 is 4.74 Å². The minimum atomic E-state index is -0.0551. The number of pyridine rings is 1. The van der Waals surface area contributed by atoms with Gasteiger partial charge < -0.3 is 9.64 Å². The average Bonchev–Trinajstić information content (AvgIpc) is 2.90. The molecule has 0 radical (unpaired) electrons. The van der Waals surface area contributed by atoms with Crippen LogP contribution in [0.3, 0.4) is 0 Å². The van der Waals surface area contributed by atoms with E-state index in [4.69, 9.17) is 4.74 Å². The summed E-state index contributed by atoms with van der Waals surface area (Å²) in [5.41, 5.74) is 5.16. The number of amides is 1. The van der Waals surface area contributed by atoms with Crippen molar-refractivity contribution in [2.45, 2.75) is 26.3 Å². The summed E-state index contributed by atoms with van der Waals surface area (Å²) < 4.78 is 5.47. The summed E-state index contributed by atoms with van der Waals surface area (Å²) in [7, 11) is 2.11. The van der Waals surface area contributed by atoms with E-state index >= 15 is 0 Å². The third-order valence-corrected chi connectivity index (χ3v) is 6.98. The van der Waals surface area contributed by atoms with Crippen LogP contribution in [-0.4, -0.2) is 69.5 Å². The van der Waals surface area contributed by atoms with Crippen LogP contribution >= 0.6 is 0 Å². The smallest absolute Gasteiger partial charge is 0.253 e. The van der Waals surface area contributed by atoms with Crippen LogP contribution in [0.1, 0.15) is 31.1 Å². The molecule has 2 aromatic heterocycles. The summed E-state index contributed by atoms with van der Waals surface area (Å²) >= 11 is 0. The topological polar surface area (TPSA) is 71.5 Å². The Labute approximate surface area is 211 Å². The first-order valence-electron chi connectivity index (χ1n) is 12.3. The summed E-state index contributed by atoms with van der Waals surface area (Å²) in [4.78, 5) is 31.2. The van der Waals surface area contributed by atoms with E-state index < -0.39 is 0 Å². The number of carbonyl (C=O) groups is 1. The van der Waals surface area contributed by atoms with Crippen molar-refractivity contribution in [3.05, 3.63) is 72.7 Å². The van der Waals surface area contributed by atoms with Gasteiger partial charge in [0.15, 0.2) is 0 Å². The van der Waals surface area contributed by atoms with E-state index in [-0.39, 0.29) is 11.4 Å². The summed E-state index contributed by atoms with van der Waals surface area (Å²) in [6, 6.07) is 17.7. The molecule has 0 unspecified atom stereocenters. The molecule has 36 heavy (non-hydrogen) atoms. The van der Waals surface area contributed by atoms with Crippen LogP contribution in [0.5, 0.6) is 5.88 Å². The van der Waals surface area contributed by atoms with Gasteiger partial charge >= 0.3 is 0 Å². The second-order valence-corrected chi connectivity index (χ2v) is 9.81. The Morgan fingerprint density at radius 1 is 0.972 bits per heavy atom. The fourth-order valence-electron chi connectivity index (χ4n) is 4.65. The lowest BCUT2D eigenvalue weighted by atomic mass is 9.98. The zero-order valence-electron chi connectivity index (χ0n) is 21.2. The third kappa shape index (κ3) is 4.66. The minimum absolute atomic E-state index is 0.0533. The van der Waals surface area contributed by atoms with Crippen LogP contribution in [-0.2, 0) is 0 Å². The third-order valence-electron chi connectivity index (χ3n) is 6.98. The van der Waals surface area contributed by atoms with Crippen molar-refractivity contribution < 1.29 is 9.53 Å². The summed E-state index contributed by atoms with van der Waals surface area (Å²) in [6.07, 6.45) is 3.39. The summed E-state index contributed by atoms with van der Waals surface area (Å²) in [6.45, 7) is 9.15. The van der Waals surface area contributed by atoms with Gasteiger partial charge in [0.05, 0.1) is 17.8 Å². The van der Waals surface area contributed by atoms with Gasteiger partial charge in [0, 0.05) is 59.5 Å². The van der Waals surface area contributed by atoms with Crippen LogP contribution in [0.2, 0.25) is 0 Å².